The second kappa shape index (κ2) is 9.07. The standard InChI is InChI=1S/C26H21FN4O2S/c1-16-22(25-29-24(30-33-25)18-8-10-19(27)11-9-18)23(17-6-4-3-5-7-17)28-26(34)31(16)20-12-14-21(32-2)15-13-20/h3-15,23H,1-2H3,(H,28,34). The lowest BCUT2D eigenvalue weighted by Crippen LogP contribution is -2.46. The van der Waals surface area contributed by atoms with E-state index < -0.39 is 0 Å². The molecule has 5 rings (SSSR count). The third kappa shape index (κ3) is 4.04. The van der Waals surface area contributed by atoms with Crippen LogP contribution in [0.15, 0.2) is 89.1 Å². The normalized spacial score (nSPS) is 15.9. The molecule has 1 unspecified atom stereocenters. The lowest BCUT2D eigenvalue weighted by molar-refractivity contribution is 0.404. The number of nitrogens with zero attached hydrogens (tertiary/aromatic N) is 3. The highest BCUT2D eigenvalue weighted by molar-refractivity contribution is 7.80. The Kier molecular flexibility index (Phi) is 5.81. The molecular weight excluding hydrogens is 451 g/mol. The van der Waals surface area contributed by atoms with Gasteiger partial charge in [-0.15, -0.1) is 0 Å². The van der Waals surface area contributed by atoms with Crippen molar-refractivity contribution in [2.24, 2.45) is 0 Å². The van der Waals surface area contributed by atoms with Crippen molar-refractivity contribution < 1.29 is 13.7 Å². The first kappa shape index (κ1) is 21.8. The zero-order chi connectivity index (χ0) is 23.7. The minimum absolute atomic E-state index is 0.287. The largest absolute Gasteiger partial charge is 0.497 e. The van der Waals surface area contributed by atoms with Crippen molar-refractivity contribution in [3.05, 3.63) is 102 Å². The predicted molar refractivity (Wildman–Crippen MR) is 133 cm³/mol. The SMILES string of the molecule is COc1ccc(N2C(=S)NC(c3ccccc3)C(c3nc(-c4ccc(F)cc4)no3)=C2C)cc1. The number of rotatable bonds is 5. The van der Waals surface area contributed by atoms with Crippen LogP contribution in [0.3, 0.4) is 0 Å². The second-order valence-electron chi connectivity index (χ2n) is 7.76. The molecule has 0 radical (unpaired) electrons. The Balaban J connectivity index is 1.63. The summed E-state index contributed by atoms with van der Waals surface area (Å²) in [5.74, 6) is 1.17. The molecule has 170 valence electrons. The first-order valence-corrected chi connectivity index (χ1v) is 11.1. The van der Waals surface area contributed by atoms with Crippen LogP contribution < -0.4 is 15.0 Å². The topological polar surface area (TPSA) is 63.4 Å². The maximum atomic E-state index is 13.4. The number of thiocarbonyl (C=S) groups is 1. The fourth-order valence-corrected chi connectivity index (χ4v) is 4.37. The summed E-state index contributed by atoms with van der Waals surface area (Å²) in [6, 6.07) is 23.3. The highest BCUT2D eigenvalue weighted by atomic mass is 32.1. The number of methoxy groups -OCH3 is 1. The average molecular weight is 473 g/mol. The fraction of sp³-hybridized carbons (Fsp3) is 0.115. The number of allylic oxidation sites excluding steroid dienone is 1. The maximum absolute atomic E-state index is 13.4. The first-order chi connectivity index (χ1) is 16.5. The summed E-state index contributed by atoms with van der Waals surface area (Å²) >= 11 is 5.77. The number of aromatic nitrogens is 2. The van der Waals surface area contributed by atoms with Gasteiger partial charge in [-0.05, 0) is 73.2 Å². The molecule has 0 saturated carbocycles. The highest BCUT2D eigenvalue weighted by Gasteiger charge is 2.34. The third-order valence-corrected chi connectivity index (χ3v) is 6.01. The van der Waals surface area contributed by atoms with Gasteiger partial charge in [0.2, 0.25) is 5.82 Å². The van der Waals surface area contributed by atoms with Crippen molar-refractivity contribution in [1.82, 2.24) is 15.5 Å². The molecule has 0 bridgehead atoms. The van der Waals surface area contributed by atoms with E-state index in [-0.39, 0.29) is 11.9 Å². The molecule has 4 aromatic rings. The number of halogens is 1. The van der Waals surface area contributed by atoms with Crippen LogP contribution in [0.5, 0.6) is 5.75 Å². The first-order valence-electron chi connectivity index (χ1n) is 10.7. The van der Waals surface area contributed by atoms with Crippen LogP contribution in [-0.4, -0.2) is 22.4 Å². The summed E-state index contributed by atoms with van der Waals surface area (Å²) in [6.45, 7) is 1.98. The Morgan fingerprint density at radius 3 is 2.38 bits per heavy atom. The van der Waals surface area contributed by atoms with E-state index in [1.165, 1.54) is 12.1 Å². The van der Waals surface area contributed by atoms with E-state index in [0.29, 0.717) is 22.4 Å². The Morgan fingerprint density at radius 1 is 1.00 bits per heavy atom. The Bertz CT molecular complexity index is 1350. The van der Waals surface area contributed by atoms with Gasteiger partial charge in [-0.2, -0.15) is 4.98 Å². The molecule has 1 aromatic heterocycles. The quantitative estimate of drug-likeness (QED) is 0.371. The zero-order valence-electron chi connectivity index (χ0n) is 18.5. The Hall–Kier alpha value is -4.04. The molecule has 0 aliphatic carbocycles. The monoisotopic (exact) mass is 472 g/mol. The van der Waals surface area contributed by atoms with Gasteiger partial charge in [-0.25, -0.2) is 4.39 Å². The van der Waals surface area contributed by atoms with Gasteiger partial charge in [-0.3, -0.25) is 4.90 Å². The van der Waals surface area contributed by atoms with Crippen LogP contribution in [0.2, 0.25) is 0 Å². The molecule has 0 spiro atoms. The number of benzene rings is 3. The molecule has 0 fully saturated rings. The van der Waals surface area contributed by atoms with Crippen LogP contribution in [-0.2, 0) is 0 Å². The van der Waals surface area contributed by atoms with Crippen LogP contribution >= 0.6 is 12.2 Å². The van der Waals surface area contributed by atoms with Crippen LogP contribution in [0.4, 0.5) is 10.1 Å². The lowest BCUT2D eigenvalue weighted by Gasteiger charge is -2.37. The van der Waals surface area contributed by atoms with E-state index in [2.05, 4.69) is 15.5 Å². The fourth-order valence-electron chi connectivity index (χ4n) is 4.01. The summed E-state index contributed by atoms with van der Waals surface area (Å²) in [5, 5.41) is 8.15. The van der Waals surface area contributed by atoms with Gasteiger partial charge in [0, 0.05) is 16.9 Å². The Morgan fingerprint density at radius 2 is 1.71 bits per heavy atom. The highest BCUT2D eigenvalue weighted by Crippen LogP contribution is 2.39. The molecule has 2 heterocycles. The molecule has 1 aliphatic heterocycles. The number of nitrogens with one attached hydrogen (secondary N) is 1. The van der Waals surface area contributed by atoms with Crippen molar-refractivity contribution in [2.75, 3.05) is 12.0 Å². The Labute approximate surface area is 201 Å². The minimum Gasteiger partial charge on any atom is -0.497 e. The summed E-state index contributed by atoms with van der Waals surface area (Å²) < 4.78 is 24.4. The molecule has 8 heteroatoms. The van der Waals surface area contributed by atoms with Gasteiger partial charge < -0.3 is 14.6 Å². The van der Waals surface area contributed by atoms with Gasteiger partial charge in [0.25, 0.3) is 5.89 Å². The molecule has 0 amide bonds. The van der Waals surface area contributed by atoms with Crippen molar-refractivity contribution in [2.45, 2.75) is 13.0 Å². The van der Waals surface area contributed by atoms with Crippen molar-refractivity contribution in [3.8, 4) is 17.1 Å². The van der Waals surface area contributed by atoms with Crippen molar-refractivity contribution in [1.29, 1.82) is 0 Å². The van der Waals surface area contributed by atoms with Gasteiger partial charge in [0.05, 0.1) is 18.7 Å². The number of hydrogen-bond donors (Lipinski definition) is 1. The molecule has 1 N–H and O–H groups in total. The van der Waals surface area contributed by atoms with Crippen molar-refractivity contribution >= 4 is 28.6 Å². The van der Waals surface area contributed by atoms with Gasteiger partial charge >= 0.3 is 0 Å². The summed E-state index contributed by atoms with van der Waals surface area (Å²) in [4.78, 5) is 6.59. The number of anilines is 1. The van der Waals surface area contributed by atoms with Crippen LogP contribution in [0.1, 0.15) is 24.4 Å². The van der Waals surface area contributed by atoms with Gasteiger partial charge in [0.1, 0.15) is 11.6 Å². The summed E-state index contributed by atoms with van der Waals surface area (Å²) in [5.41, 5.74) is 4.21. The summed E-state index contributed by atoms with van der Waals surface area (Å²) in [7, 11) is 1.63. The van der Waals surface area contributed by atoms with E-state index in [1.807, 2.05) is 66.4 Å². The van der Waals surface area contributed by atoms with Crippen LogP contribution in [0, 0.1) is 5.82 Å². The maximum Gasteiger partial charge on any atom is 0.258 e. The molecule has 6 nitrogen and oxygen atoms in total. The van der Waals surface area contributed by atoms with Gasteiger partial charge in [0.15, 0.2) is 5.11 Å². The number of ether oxygens (including phenoxy) is 1. The van der Waals surface area contributed by atoms with E-state index in [4.69, 9.17) is 21.5 Å². The van der Waals surface area contributed by atoms with Crippen LogP contribution in [0.25, 0.3) is 17.0 Å². The third-order valence-electron chi connectivity index (χ3n) is 5.71. The average Bonchev–Trinajstić information content (AvgIpc) is 3.35. The van der Waals surface area contributed by atoms with E-state index in [1.54, 1.807) is 19.2 Å². The van der Waals surface area contributed by atoms with E-state index in [0.717, 1.165) is 28.3 Å². The lowest BCUT2D eigenvalue weighted by atomic mass is 9.94. The molecule has 1 aliphatic rings. The predicted octanol–water partition coefficient (Wildman–Crippen LogP) is 5.75. The van der Waals surface area contributed by atoms with Gasteiger partial charge in [-0.1, -0.05) is 35.5 Å². The smallest absolute Gasteiger partial charge is 0.258 e. The molecule has 1 atom stereocenters. The minimum atomic E-state index is -0.324. The van der Waals surface area contributed by atoms with E-state index in [9.17, 15) is 4.39 Å². The zero-order valence-corrected chi connectivity index (χ0v) is 19.3. The second-order valence-corrected chi connectivity index (χ2v) is 8.14. The van der Waals surface area contributed by atoms with E-state index >= 15 is 0 Å². The van der Waals surface area contributed by atoms with Crippen molar-refractivity contribution in [3.63, 3.8) is 0 Å². The number of hydrogen-bond acceptors (Lipinski definition) is 5. The molecule has 3 aromatic carbocycles. The molecule has 0 saturated heterocycles. The summed E-state index contributed by atoms with van der Waals surface area (Å²) in [6.07, 6.45) is 0. The molecular formula is C26H21FN4O2S. The molecule has 34 heavy (non-hydrogen) atoms.